The van der Waals surface area contributed by atoms with E-state index in [0.29, 0.717) is 5.92 Å². The molecule has 1 aliphatic rings. The van der Waals surface area contributed by atoms with E-state index in [1.807, 2.05) is 0 Å². The molecule has 0 aromatic rings. The van der Waals surface area contributed by atoms with Gasteiger partial charge in [-0.25, -0.2) is 0 Å². The van der Waals surface area contributed by atoms with Crippen LogP contribution in [0.2, 0.25) is 0 Å². The minimum absolute atomic E-state index is 0.113. The summed E-state index contributed by atoms with van der Waals surface area (Å²) in [5.74, 6) is 0.625. The minimum Gasteiger partial charge on any atom is -0.302 e. The van der Waals surface area contributed by atoms with Crippen LogP contribution in [0.5, 0.6) is 0 Å². The highest BCUT2D eigenvalue weighted by Crippen LogP contribution is 2.27. The van der Waals surface area contributed by atoms with Crippen LogP contribution in [0.15, 0.2) is 0 Å². The van der Waals surface area contributed by atoms with Crippen molar-refractivity contribution in [1.29, 1.82) is 5.26 Å². The van der Waals surface area contributed by atoms with Crippen molar-refractivity contribution in [3.8, 4) is 6.07 Å². The number of nitrogens with zero attached hydrogens (tertiary/aromatic N) is 1. The first-order valence-electron chi connectivity index (χ1n) is 4.51. The lowest BCUT2D eigenvalue weighted by Gasteiger charge is -2.16. The molecule has 0 amide bonds. The summed E-state index contributed by atoms with van der Waals surface area (Å²) in [5.41, 5.74) is 0. The smallest absolute Gasteiger partial charge is 0.0981 e. The first-order chi connectivity index (χ1) is 5.38. The summed E-state index contributed by atoms with van der Waals surface area (Å²) in [4.78, 5) is 0. The lowest BCUT2D eigenvalue weighted by Crippen LogP contribution is -2.33. The van der Waals surface area contributed by atoms with E-state index in [9.17, 15) is 0 Å². The third-order valence-corrected chi connectivity index (χ3v) is 2.43. The van der Waals surface area contributed by atoms with Gasteiger partial charge in [-0.1, -0.05) is 19.8 Å². The summed E-state index contributed by atoms with van der Waals surface area (Å²) >= 11 is 0. The Morgan fingerprint density at radius 1 is 1.55 bits per heavy atom. The Bertz CT molecular complexity index is 142. The molecule has 1 fully saturated rings. The van der Waals surface area contributed by atoms with E-state index in [0.717, 1.165) is 6.54 Å². The number of hydrogen-bond acceptors (Lipinski definition) is 2. The Morgan fingerprint density at radius 3 is 2.64 bits per heavy atom. The van der Waals surface area contributed by atoms with Gasteiger partial charge in [0, 0.05) is 0 Å². The summed E-state index contributed by atoms with van der Waals surface area (Å²) < 4.78 is 0. The SMILES string of the molecule is CCNC(C#N)C1CCCC1. The number of nitriles is 1. The van der Waals surface area contributed by atoms with Gasteiger partial charge in [-0.2, -0.15) is 5.26 Å². The monoisotopic (exact) mass is 152 g/mol. The minimum atomic E-state index is 0.113. The van der Waals surface area contributed by atoms with Crippen molar-refractivity contribution < 1.29 is 0 Å². The zero-order valence-corrected chi connectivity index (χ0v) is 7.14. The second kappa shape index (κ2) is 4.35. The van der Waals surface area contributed by atoms with E-state index < -0.39 is 0 Å². The largest absolute Gasteiger partial charge is 0.302 e. The molecule has 0 saturated heterocycles. The van der Waals surface area contributed by atoms with Crippen molar-refractivity contribution in [3.63, 3.8) is 0 Å². The van der Waals surface area contributed by atoms with Crippen LogP contribution in [0.3, 0.4) is 0 Å². The van der Waals surface area contributed by atoms with Crippen molar-refractivity contribution >= 4 is 0 Å². The van der Waals surface area contributed by atoms with Gasteiger partial charge in [-0.3, -0.25) is 0 Å². The fourth-order valence-corrected chi connectivity index (χ4v) is 1.83. The van der Waals surface area contributed by atoms with Gasteiger partial charge in [-0.05, 0) is 25.3 Å². The van der Waals surface area contributed by atoms with E-state index in [4.69, 9.17) is 5.26 Å². The van der Waals surface area contributed by atoms with Crippen molar-refractivity contribution in [1.82, 2.24) is 5.32 Å². The topological polar surface area (TPSA) is 35.8 Å². The van der Waals surface area contributed by atoms with Gasteiger partial charge in [0.1, 0.15) is 0 Å². The molecule has 1 saturated carbocycles. The van der Waals surface area contributed by atoms with E-state index >= 15 is 0 Å². The zero-order chi connectivity index (χ0) is 8.10. The molecular formula is C9H16N2. The second-order valence-corrected chi connectivity index (χ2v) is 3.21. The average molecular weight is 152 g/mol. The fraction of sp³-hybridized carbons (Fsp3) is 0.889. The van der Waals surface area contributed by atoms with Gasteiger partial charge in [0.05, 0.1) is 12.1 Å². The van der Waals surface area contributed by atoms with Crippen molar-refractivity contribution in [2.24, 2.45) is 5.92 Å². The molecule has 0 aromatic heterocycles. The van der Waals surface area contributed by atoms with Gasteiger partial charge < -0.3 is 5.32 Å². The van der Waals surface area contributed by atoms with Crippen LogP contribution in [0.4, 0.5) is 0 Å². The molecule has 11 heavy (non-hydrogen) atoms. The molecular weight excluding hydrogens is 136 g/mol. The zero-order valence-electron chi connectivity index (χ0n) is 7.14. The van der Waals surface area contributed by atoms with Crippen LogP contribution >= 0.6 is 0 Å². The Hall–Kier alpha value is -0.550. The lowest BCUT2D eigenvalue weighted by molar-refractivity contribution is 0.429. The van der Waals surface area contributed by atoms with Crippen LogP contribution in [0.25, 0.3) is 0 Å². The molecule has 0 radical (unpaired) electrons. The van der Waals surface area contributed by atoms with Crippen molar-refractivity contribution in [2.45, 2.75) is 38.6 Å². The first-order valence-corrected chi connectivity index (χ1v) is 4.51. The lowest BCUT2D eigenvalue weighted by atomic mass is 9.99. The molecule has 0 bridgehead atoms. The maximum Gasteiger partial charge on any atom is 0.0981 e. The summed E-state index contributed by atoms with van der Waals surface area (Å²) in [6, 6.07) is 2.45. The average Bonchev–Trinajstić information content (AvgIpc) is 2.52. The molecule has 2 nitrogen and oxygen atoms in total. The molecule has 1 unspecified atom stereocenters. The van der Waals surface area contributed by atoms with E-state index in [-0.39, 0.29) is 6.04 Å². The maximum atomic E-state index is 8.81. The standard InChI is InChI=1S/C9H16N2/c1-2-11-9(7-10)8-5-3-4-6-8/h8-9,11H,2-6H2,1H3. The molecule has 1 aliphatic carbocycles. The highest BCUT2D eigenvalue weighted by atomic mass is 14.9. The molecule has 0 aliphatic heterocycles. The summed E-state index contributed by atoms with van der Waals surface area (Å²) in [7, 11) is 0. The van der Waals surface area contributed by atoms with Gasteiger partial charge in [0.2, 0.25) is 0 Å². The maximum absolute atomic E-state index is 8.81. The molecule has 1 rings (SSSR count). The highest BCUT2D eigenvalue weighted by molar-refractivity contribution is 4.95. The Balaban J connectivity index is 2.35. The van der Waals surface area contributed by atoms with E-state index in [1.54, 1.807) is 0 Å². The molecule has 1 N–H and O–H groups in total. The Morgan fingerprint density at radius 2 is 2.18 bits per heavy atom. The number of rotatable bonds is 3. The molecule has 62 valence electrons. The second-order valence-electron chi connectivity index (χ2n) is 3.21. The van der Waals surface area contributed by atoms with Crippen LogP contribution in [0.1, 0.15) is 32.6 Å². The van der Waals surface area contributed by atoms with Gasteiger partial charge in [-0.15, -0.1) is 0 Å². The van der Waals surface area contributed by atoms with Crippen LogP contribution in [0, 0.1) is 17.2 Å². The fourth-order valence-electron chi connectivity index (χ4n) is 1.83. The normalized spacial score (nSPS) is 21.5. The molecule has 0 aromatic carbocycles. The van der Waals surface area contributed by atoms with Crippen LogP contribution in [-0.4, -0.2) is 12.6 Å². The van der Waals surface area contributed by atoms with E-state index in [1.165, 1.54) is 25.7 Å². The summed E-state index contributed by atoms with van der Waals surface area (Å²) in [5, 5.41) is 12.0. The first kappa shape index (κ1) is 8.55. The third kappa shape index (κ3) is 2.20. The Kier molecular flexibility index (Phi) is 3.38. The number of nitrogens with one attached hydrogen (secondary N) is 1. The van der Waals surface area contributed by atoms with Gasteiger partial charge in [0.25, 0.3) is 0 Å². The molecule has 1 atom stereocenters. The molecule has 2 heteroatoms. The molecule has 0 spiro atoms. The molecule has 0 heterocycles. The van der Waals surface area contributed by atoms with Crippen LogP contribution < -0.4 is 5.32 Å². The van der Waals surface area contributed by atoms with Gasteiger partial charge >= 0.3 is 0 Å². The Labute approximate surface area is 68.6 Å². The third-order valence-electron chi connectivity index (χ3n) is 2.43. The van der Waals surface area contributed by atoms with Crippen LogP contribution in [-0.2, 0) is 0 Å². The van der Waals surface area contributed by atoms with Gasteiger partial charge in [0.15, 0.2) is 0 Å². The summed E-state index contributed by atoms with van der Waals surface area (Å²) in [6.45, 7) is 2.97. The highest BCUT2D eigenvalue weighted by Gasteiger charge is 2.23. The quantitative estimate of drug-likeness (QED) is 0.667. The summed E-state index contributed by atoms with van der Waals surface area (Å²) in [6.07, 6.45) is 5.11. The predicted molar refractivity (Wildman–Crippen MR) is 45.0 cm³/mol. The van der Waals surface area contributed by atoms with Crippen molar-refractivity contribution in [3.05, 3.63) is 0 Å². The predicted octanol–water partition coefficient (Wildman–Crippen LogP) is 1.68. The van der Waals surface area contributed by atoms with Crippen molar-refractivity contribution in [2.75, 3.05) is 6.54 Å². The van der Waals surface area contributed by atoms with E-state index in [2.05, 4.69) is 18.3 Å². The number of hydrogen-bond donors (Lipinski definition) is 1.